The Morgan fingerprint density at radius 2 is 1.94 bits per heavy atom. The third kappa shape index (κ3) is 2.97. The number of halogens is 3. The summed E-state index contributed by atoms with van der Waals surface area (Å²) in [6.07, 6.45) is -4.30. The fourth-order valence-corrected chi connectivity index (χ4v) is 4.48. The van der Waals surface area contributed by atoms with Crippen molar-refractivity contribution in [2.75, 3.05) is 18.8 Å². The van der Waals surface area contributed by atoms with Crippen LogP contribution < -0.4 is 5.73 Å². The van der Waals surface area contributed by atoms with E-state index in [-0.39, 0.29) is 31.7 Å². The van der Waals surface area contributed by atoms with Crippen molar-refractivity contribution in [3.63, 3.8) is 0 Å². The van der Waals surface area contributed by atoms with Crippen LogP contribution in [0.25, 0.3) is 0 Å². The Hall–Kier alpha value is -0.340. The lowest BCUT2D eigenvalue weighted by molar-refractivity contribution is -0.188. The van der Waals surface area contributed by atoms with Crippen molar-refractivity contribution in [3.8, 4) is 0 Å². The first-order valence-electron chi connectivity index (χ1n) is 5.81. The molecule has 1 saturated heterocycles. The number of nitrogens with zero attached hydrogens (tertiary/aromatic N) is 1. The van der Waals surface area contributed by atoms with Crippen molar-refractivity contribution in [1.29, 1.82) is 0 Å². The summed E-state index contributed by atoms with van der Waals surface area (Å²) in [5, 5.41) is 0. The lowest BCUT2D eigenvalue weighted by Gasteiger charge is -2.35. The van der Waals surface area contributed by atoms with Gasteiger partial charge in [-0.25, -0.2) is 8.42 Å². The lowest BCUT2D eigenvalue weighted by atomic mass is 9.89. The Morgan fingerprint density at radius 3 is 2.33 bits per heavy atom. The molecule has 0 amide bonds. The van der Waals surface area contributed by atoms with Crippen LogP contribution in [0.1, 0.15) is 26.7 Å². The van der Waals surface area contributed by atoms with E-state index >= 15 is 0 Å². The fourth-order valence-electron chi connectivity index (χ4n) is 2.50. The molecule has 0 radical (unpaired) electrons. The Labute approximate surface area is 105 Å². The van der Waals surface area contributed by atoms with E-state index in [1.165, 1.54) is 13.8 Å². The molecular weight excluding hydrogens is 269 g/mol. The molecule has 1 fully saturated rings. The smallest absolute Gasteiger partial charge is 0.330 e. The van der Waals surface area contributed by atoms with Gasteiger partial charge in [-0.1, -0.05) is 0 Å². The molecule has 18 heavy (non-hydrogen) atoms. The zero-order chi connectivity index (χ0) is 14.2. The zero-order valence-electron chi connectivity index (χ0n) is 10.5. The normalized spacial score (nSPS) is 25.6. The molecule has 1 rings (SSSR count). The van der Waals surface area contributed by atoms with Crippen LogP contribution in [0.2, 0.25) is 0 Å². The van der Waals surface area contributed by atoms with Crippen molar-refractivity contribution < 1.29 is 21.6 Å². The number of sulfonamides is 1. The second-order valence-corrected chi connectivity index (χ2v) is 7.08. The second kappa shape index (κ2) is 4.97. The van der Waals surface area contributed by atoms with Crippen LogP contribution in [-0.4, -0.2) is 43.3 Å². The quantitative estimate of drug-likeness (QED) is 0.849. The Bertz CT molecular complexity index is 392. The van der Waals surface area contributed by atoms with Crippen LogP contribution in [0.15, 0.2) is 0 Å². The van der Waals surface area contributed by atoms with Gasteiger partial charge in [0.15, 0.2) is 0 Å². The van der Waals surface area contributed by atoms with Crippen molar-refractivity contribution >= 4 is 10.0 Å². The van der Waals surface area contributed by atoms with Crippen LogP contribution in [0.5, 0.6) is 0 Å². The van der Waals surface area contributed by atoms with Gasteiger partial charge in [0, 0.05) is 12.1 Å². The average Bonchev–Trinajstić information content (AvgIpc) is 2.50. The Kier molecular flexibility index (Phi) is 4.34. The molecule has 1 aliphatic rings. The third-order valence-corrected chi connectivity index (χ3v) is 5.58. The number of alkyl halides is 3. The monoisotopic (exact) mass is 288 g/mol. The van der Waals surface area contributed by atoms with Gasteiger partial charge in [-0.2, -0.15) is 17.5 Å². The first-order valence-corrected chi connectivity index (χ1v) is 7.41. The van der Waals surface area contributed by atoms with E-state index in [0.717, 1.165) is 4.31 Å². The SMILES string of the molecule is CC1(C)C(C(F)(F)F)CCN1S(=O)(=O)CCCN. The maximum atomic E-state index is 12.8. The molecule has 0 aromatic heterocycles. The minimum absolute atomic E-state index is 0.0793. The standard InChI is InChI=1S/C10H19F3N2O2S/c1-9(2)8(10(11,12)13)4-6-15(9)18(16,17)7-3-5-14/h8H,3-7,14H2,1-2H3. The lowest BCUT2D eigenvalue weighted by Crippen LogP contribution is -2.50. The molecule has 1 aliphatic heterocycles. The van der Waals surface area contributed by atoms with E-state index in [0.29, 0.717) is 0 Å². The number of rotatable bonds is 4. The first-order chi connectivity index (χ1) is 8.03. The summed E-state index contributed by atoms with van der Waals surface area (Å²) in [6, 6.07) is 0. The van der Waals surface area contributed by atoms with E-state index in [1.807, 2.05) is 0 Å². The minimum Gasteiger partial charge on any atom is -0.330 e. The van der Waals surface area contributed by atoms with Gasteiger partial charge in [0.2, 0.25) is 10.0 Å². The minimum atomic E-state index is -4.37. The van der Waals surface area contributed by atoms with Gasteiger partial charge < -0.3 is 5.73 Å². The molecule has 1 unspecified atom stereocenters. The summed E-state index contributed by atoms with van der Waals surface area (Å²) >= 11 is 0. The molecule has 108 valence electrons. The van der Waals surface area contributed by atoms with E-state index in [9.17, 15) is 21.6 Å². The third-order valence-electron chi connectivity index (χ3n) is 3.45. The zero-order valence-corrected chi connectivity index (χ0v) is 11.3. The molecule has 0 bridgehead atoms. The van der Waals surface area contributed by atoms with Crippen molar-refractivity contribution in [2.45, 2.75) is 38.4 Å². The molecule has 0 aromatic rings. The summed E-state index contributed by atoms with van der Waals surface area (Å²) in [5.41, 5.74) is 3.81. The van der Waals surface area contributed by atoms with Gasteiger partial charge >= 0.3 is 6.18 Å². The highest BCUT2D eigenvalue weighted by atomic mass is 32.2. The molecular formula is C10H19F3N2O2S. The molecule has 1 heterocycles. The van der Waals surface area contributed by atoms with Crippen LogP contribution >= 0.6 is 0 Å². The molecule has 0 saturated carbocycles. The van der Waals surface area contributed by atoms with Gasteiger partial charge in [-0.15, -0.1) is 0 Å². The summed E-state index contributed by atoms with van der Waals surface area (Å²) < 4.78 is 63.4. The topological polar surface area (TPSA) is 63.4 Å². The van der Waals surface area contributed by atoms with Gasteiger partial charge in [0.05, 0.1) is 11.7 Å². The Balaban J connectivity index is 2.95. The van der Waals surface area contributed by atoms with Crippen LogP contribution in [0, 0.1) is 5.92 Å². The van der Waals surface area contributed by atoms with Crippen LogP contribution in [-0.2, 0) is 10.0 Å². The summed E-state index contributed by atoms with van der Waals surface area (Å²) in [7, 11) is -3.67. The average molecular weight is 288 g/mol. The molecule has 0 aliphatic carbocycles. The Morgan fingerprint density at radius 1 is 1.39 bits per heavy atom. The van der Waals surface area contributed by atoms with Gasteiger partial charge in [0.25, 0.3) is 0 Å². The highest BCUT2D eigenvalue weighted by Gasteiger charge is 2.57. The second-order valence-electron chi connectivity index (χ2n) is 5.07. The van der Waals surface area contributed by atoms with Gasteiger partial charge in [-0.3, -0.25) is 0 Å². The van der Waals surface area contributed by atoms with E-state index in [1.54, 1.807) is 0 Å². The molecule has 0 aromatic carbocycles. The van der Waals surface area contributed by atoms with Gasteiger partial charge in [-0.05, 0) is 33.2 Å². The largest absolute Gasteiger partial charge is 0.393 e. The van der Waals surface area contributed by atoms with Gasteiger partial charge in [0.1, 0.15) is 0 Å². The summed E-state index contributed by atoms with van der Waals surface area (Å²) in [6.45, 7) is 2.79. The predicted octanol–water partition coefficient (Wildman–Crippen LogP) is 1.33. The molecule has 0 spiro atoms. The molecule has 4 nitrogen and oxygen atoms in total. The number of nitrogens with two attached hydrogens (primary N) is 1. The van der Waals surface area contributed by atoms with E-state index in [4.69, 9.17) is 5.73 Å². The maximum Gasteiger partial charge on any atom is 0.393 e. The van der Waals surface area contributed by atoms with Crippen molar-refractivity contribution in [3.05, 3.63) is 0 Å². The fraction of sp³-hybridized carbons (Fsp3) is 1.00. The van der Waals surface area contributed by atoms with Crippen LogP contribution in [0.4, 0.5) is 13.2 Å². The van der Waals surface area contributed by atoms with E-state index < -0.39 is 27.7 Å². The molecule has 2 N–H and O–H groups in total. The molecule has 8 heteroatoms. The number of hydrogen-bond acceptors (Lipinski definition) is 3. The summed E-state index contributed by atoms with van der Waals surface area (Å²) in [4.78, 5) is 0. The van der Waals surface area contributed by atoms with E-state index in [2.05, 4.69) is 0 Å². The number of hydrogen-bond donors (Lipinski definition) is 1. The van der Waals surface area contributed by atoms with Crippen LogP contribution in [0.3, 0.4) is 0 Å². The van der Waals surface area contributed by atoms with Crippen molar-refractivity contribution in [2.24, 2.45) is 11.7 Å². The first kappa shape index (κ1) is 15.7. The summed E-state index contributed by atoms with van der Waals surface area (Å²) in [5.74, 6) is -1.81. The van der Waals surface area contributed by atoms with Crippen molar-refractivity contribution in [1.82, 2.24) is 4.31 Å². The molecule has 1 atom stereocenters. The highest BCUT2D eigenvalue weighted by Crippen LogP contribution is 2.45. The highest BCUT2D eigenvalue weighted by molar-refractivity contribution is 7.89. The predicted molar refractivity (Wildman–Crippen MR) is 62.4 cm³/mol. The maximum absolute atomic E-state index is 12.8.